The third-order valence-electron chi connectivity index (χ3n) is 3.02. The van der Waals surface area contributed by atoms with Gasteiger partial charge in [0.05, 0.1) is 6.61 Å². The molecule has 0 radical (unpaired) electrons. The Balaban J connectivity index is 2.48. The molecule has 0 saturated carbocycles. The number of nitrogens with zero attached hydrogens (tertiary/aromatic N) is 1. The summed E-state index contributed by atoms with van der Waals surface area (Å²) < 4.78 is 0. The molecular weight excluding hydrogens is 178 g/mol. The maximum Gasteiger partial charge on any atom is 0.0586 e. The maximum absolute atomic E-state index is 9.23. The van der Waals surface area contributed by atoms with Gasteiger partial charge in [-0.05, 0) is 19.4 Å². The highest BCUT2D eigenvalue weighted by atomic mass is 16.3. The lowest BCUT2D eigenvalue weighted by Gasteiger charge is -2.39. The van der Waals surface area contributed by atoms with Gasteiger partial charge in [0.2, 0.25) is 0 Å². The van der Waals surface area contributed by atoms with Gasteiger partial charge in [-0.25, -0.2) is 0 Å². The molecule has 3 heteroatoms. The van der Waals surface area contributed by atoms with E-state index in [-0.39, 0.29) is 18.6 Å². The first-order valence-electron chi connectivity index (χ1n) is 5.55. The number of hydrogen-bond acceptors (Lipinski definition) is 3. The quantitative estimate of drug-likeness (QED) is 0.709. The van der Waals surface area contributed by atoms with E-state index in [4.69, 9.17) is 0 Å². The molecule has 0 spiro atoms. The number of piperidine rings is 1. The standard InChI is InChI=1S/C11H23NO2/c1-11(2,9-14)8-12-6-4-3-5-10(12)7-13/h10,13-14H,3-9H2,1-2H3. The predicted molar refractivity (Wildman–Crippen MR) is 57.2 cm³/mol. The van der Waals surface area contributed by atoms with Crippen molar-refractivity contribution in [2.24, 2.45) is 5.41 Å². The maximum atomic E-state index is 9.23. The van der Waals surface area contributed by atoms with E-state index in [1.165, 1.54) is 12.8 Å². The van der Waals surface area contributed by atoms with E-state index in [0.29, 0.717) is 6.04 Å². The number of likely N-dealkylation sites (tertiary alicyclic amines) is 1. The van der Waals surface area contributed by atoms with Crippen LogP contribution in [0, 0.1) is 5.41 Å². The zero-order valence-electron chi connectivity index (χ0n) is 9.37. The lowest BCUT2D eigenvalue weighted by Crippen LogP contribution is -2.47. The molecule has 1 aliphatic rings. The van der Waals surface area contributed by atoms with Crippen LogP contribution in [0.5, 0.6) is 0 Å². The molecule has 0 aromatic rings. The Morgan fingerprint density at radius 2 is 2.00 bits per heavy atom. The van der Waals surface area contributed by atoms with E-state index in [2.05, 4.69) is 18.7 Å². The SMILES string of the molecule is CC(C)(CO)CN1CCCCC1CO. The molecule has 1 atom stereocenters. The second-order valence-electron chi connectivity index (χ2n) is 5.12. The third-order valence-corrected chi connectivity index (χ3v) is 3.02. The summed E-state index contributed by atoms with van der Waals surface area (Å²) in [5.74, 6) is 0. The van der Waals surface area contributed by atoms with Gasteiger partial charge < -0.3 is 10.2 Å². The minimum atomic E-state index is -0.0508. The first kappa shape index (κ1) is 12.0. The van der Waals surface area contributed by atoms with E-state index in [1.54, 1.807) is 0 Å². The molecule has 0 aromatic heterocycles. The van der Waals surface area contributed by atoms with Crippen LogP contribution in [0.1, 0.15) is 33.1 Å². The van der Waals surface area contributed by atoms with E-state index in [1.807, 2.05) is 0 Å². The largest absolute Gasteiger partial charge is 0.396 e. The van der Waals surface area contributed by atoms with Gasteiger partial charge in [0.25, 0.3) is 0 Å². The summed E-state index contributed by atoms with van der Waals surface area (Å²) in [5.41, 5.74) is -0.0508. The van der Waals surface area contributed by atoms with Crippen molar-refractivity contribution in [3.05, 3.63) is 0 Å². The highest BCUT2D eigenvalue weighted by molar-refractivity contribution is 4.81. The van der Waals surface area contributed by atoms with Crippen LogP contribution in [-0.4, -0.2) is 47.5 Å². The fraction of sp³-hybridized carbons (Fsp3) is 1.00. The second-order valence-corrected chi connectivity index (χ2v) is 5.12. The minimum Gasteiger partial charge on any atom is -0.396 e. The van der Waals surface area contributed by atoms with Crippen molar-refractivity contribution in [1.82, 2.24) is 4.90 Å². The molecule has 2 N–H and O–H groups in total. The van der Waals surface area contributed by atoms with Gasteiger partial charge in [-0.2, -0.15) is 0 Å². The molecule has 3 nitrogen and oxygen atoms in total. The average Bonchev–Trinajstić information content (AvgIpc) is 2.18. The average molecular weight is 201 g/mol. The van der Waals surface area contributed by atoms with Crippen LogP contribution in [0.2, 0.25) is 0 Å². The number of rotatable bonds is 4. The topological polar surface area (TPSA) is 43.7 Å². The van der Waals surface area contributed by atoms with Gasteiger partial charge in [-0.1, -0.05) is 20.3 Å². The molecule has 1 rings (SSSR count). The van der Waals surface area contributed by atoms with Crippen molar-refractivity contribution in [2.45, 2.75) is 39.2 Å². The van der Waals surface area contributed by atoms with E-state index in [0.717, 1.165) is 19.5 Å². The second kappa shape index (κ2) is 5.10. The fourth-order valence-corrected chi connectivity index (χ4v) is 2.07. The Kier molecular flexibility index (Phi) is 4.35. The van der Waals surface area contributed by atoms with Crippen molar-refractivity contribution in [2.75, 3.05) is 26.3 Å². The molecule has 0 bridgehead atoms. The minimum absolute atomic E-state index is 0.0508. The Morgan fingerprint density at radius 3 is 2.57 bits per heavy atom. The van der Waals surface area contributed by atoms with Crippen molar-refractivity contribution in [3.63, 3.8) is 0 Å². The Hall–Kier alpha value is -0.120. The number of hydrogen-bond donors (Lipinski definition) is 2. The molecule has 14 heavy (non-hydrogen) atoms. The molecule has 1 heterocycles. The zero-order valence-corrected chi connectivity index (χ0v) is 9.37. The van der Waals surface area contributed by atoms with Crippen LogP contribution in [0.3, 0.4) is 0 Å². The summed E-state index contributed by atoms with van der Waals surface area (Å²) in [4.78, 5) is 2.32. The lowest BCUT2D eigenvalue weighted by molar-refractivity contribution is 0.0362. The molecule has 84 valence electrons. The van der Waals surface area contributed by atoms with Crippen LogP contribution in [-0.2, 0) is 0 Å². The number of aliphatic hydroxyl groups excluding tert-OH is 2. The monoisotopic (exact) mass is 201 g/mol. The molecule has 0 amide bonds. The fourth-order valence-electron chi connectivity index (χ4n) is 2.07. The van der Waals surface area contributed by atoms with Crippen molar-refractivity contribution in [3.8, 4) is 0 Å². The third kappa shape index (κ3) is 3.23. The Morgan fingerprint density at radius 1 is 1.29 bits per heavy atom. The van der Waals surface area contributed by atoms with Gasteiger partial charge in [-0.15, -0.1) is 0 Å². The summed E-state index contributed by atoms with van der Waals surface area (Å²) in [6, 6.07) is 0.314. The molecule has 0 aliphatic carbocycles. The zero-order chi connectivity index (χ0) is 10.6. The van der Waals surface area contributed by atoms with E-state index in [9.17, 15) is 10.2 Å². The van der Waals surface area contributed by atoms with Crippen molar-refractivity contribution >= 4 is 0 Å². The van der Waals surface area contributed by atoms with Gasteiger partial charge in [0, 0.05) is 24.6 Å². The lowest BCUT2D eigenvalue weighted by atomic mass is 9.91. The van der Waals surface area contributed by atoms with Gasteiger partial charge in [0.15, 0.2) is 0 Å². The Bertz CT molecular complexity index is 171. The van der Waals surface area contributed by atoms with E-state index >= 15 is 0 Å². The first-order valence-corrected chi connectivity index (χ1v) is 5.55. The smallest absolute Gasteiger partial charge is 0.0586 e. The van der Waals surface area contributed by atoms with Crippen LogP contribution < -0.4 is 0 Å². The van der Waals surface area contributed by atoms with Crippen LogP contribution >= 0.6 is 0 Å². The molecular formula is C11H23NO2. The van der Waals surface area contributed by atoms with Crippen LogP contribution in [0.25, 0.3) is 0 Å². The normalized spacial score (nSPS) is 25.3. The van der Waals surface area contributed by atoms with Crippen LogP contribution in [0.4, 0.5) is 0 Å². The number of aliphatic hydroxyl groups is 2. The molecule has 1 saturated heterocycles. The van der Waals surface area contributed by atoms with Crippen LogP contribution in [0.15, 0.2) is 0 Å². The van der Waals surface area contributed by atoms with Gasteiger partial charge in [0.1, 0.15) is 0 Å². The van der Waals surface area contributed by atoms with Crippen molar-refractivity contribution in [1.29, 1.82) is 0 Å². The molecule has 1 unspecified atom stereocenters. The molecule has 1 aliphatic heterocycles. The molecule has 0 aromatic carbocycles. The highest BCUT2D eigenvalue weighted by Gasteiger charge is 2.27. The summed E-state index contributed by atoms with van der Waals surface area (Å²) in [6.07, 6.45) is 3.54. The summed E-state index contributed by atoms with van der Waals surface area (Å²) in [7, 11) is 0. The Labute approximate surface area is 86.7 Å². The summed E-state index contributed by atoms with van der Waals surface area (Å²) in [6.45, 7) is 6.54. The molecule has 1 fully saturated rings. The van der Waals surface area contributed by atoms with Crippen molar-refractivity contribution < 1.29 is 10.2 Å². The van der Waals surface area contributed by atoms with Gasteiger partial charge in [-0.3, -0.25) is 4.90 Å². The predicted octanol–water partition coefficient (Wildman–Crippen LogP) is 0.852. The summed E-state index contributed by atoms with van der Waals surface area (Å²) >= 11 is 0. The summed E-state index contributed by atoms with van der Waals surface area (Å²) in [5, 5.41) is 18.4. The van der Waals surface area contributed by atoms with Gasteiger partial charge >= 0.3 is 0 Å². The van der Waals surface area contributed by atoms with E-state index < -0.39 is 0 Å². The highest BCUT2D eigenvalue weighted by Crippen LogP contribution is 2.22. The first-order chi connectivity index (χ1) is 6.59.